The van der Waals surface area contributed by atoms with E-state index in [9.17, 15) is 18.0 Å². The van der Waals surface area contributed by atoms with E-state index in [4.69, 9.17) is 16.3 Å². The van der Waals surface area contributed by atoms with Crippen molar-refractivity contribution >= 4 is 29.3 Å². The van der Waals surface area contributed by atoms with E-state index < -0.39 is 17.0 Å². The minimum Gasteiger partial charge on any atom is -0.497 e. The van der Waals surface area contributed by atoms with Gasteiger partial charge in [-0.05, 0) is 30.7 Å². The normalized spacial score (nSPS) is 12.5. The van der Waals surface area contributed by atoms with Crippen molar-refractivity contribution in [2.45, 2.75) is 29.9 Å². The molecule has 4 nitrogen and oxygen atoms in total. The molecule has 1 unspecified atom stereocenters. The number of hydrogen-bond donors (Lipinski definition) is 1. The fourth-order valence-electron chi connectivity index (χ4n) is 1.96. The maximum Gasteiger partial charge on any atom is 0.417 e. The number of carbonyl (C=O) groups is 1. The minimum atomic E-state index is -4.51. The van der Waals surface area contributed by atoms with Crippen molar-refractivity contribution in [3.05, 3.63) is 52.7 Å². The summed E-state index contributed by atoms with van der Waals surface area (Å²) in [6.07, 6.45) is -3.81. The third kappa shape index (κ3) is 5.54. The van der Waals surface area contributed by atoms with Gasteiger partial charge in [0.1, 0.15) is 10.8 Å². The lowest BCUT2D eigenvalue weighted by Crippen LogP contribution is -2.30. The predicted octanol–water partition coefficient (Wildman–Crippen LogP) is 4.56. The molecule has 1 N–H and O–H groups in total. The Hall–Kier alpha value is -1.93. The van der Waals surface area contributed by atoms with Gasteiger partial charge >= 0.3 is 6.18 Å². The summed E-state index contributed by atoms with van der Waals surface area (Å²) in [4.78, 5) is 15.9. The molecule has 0 radical (unpaired) electrons. The molecule has 26 heavy (non-hydrogen) atoms. The predicted molar refractivity (Wildman–Crippen MR) is 94.4 cm³/mol. The first-order chi connectivity index (χ1) is 12.2. The van der Waals surface area contributed by atoms with Crippen LogP contribution in [0, 0.1) is 0 Å². The highest BCUT2D eigenvalue weighted by Gasteiger charge is 2.32. The lowest BCUT2D eigenvalue weighted by molar-refractivity contribution is -0.137. The highest BCUT2D eigenvalue weighted by Crippen LogP contribution is 2.34. The number of nitrogens with one attached hydrogen (secondary N) is 1. The van der Waals surface area contributed by atoms with Gasteiger partial charge in [-0.25, -0.2) is 4.98 Å². The van der Waals surface area contributed by atoms with Gasteiger partial charge in [-0.2, -0.15) is 13.2 Å². The molecule has 0 aliphatic heterocycles. The SMILES string of the molecule is COc1ccc(CNC(=O)C(C)Sc2ncc(C(F)(F)F)cc2Cl)cc1. The largest absolute Gasteiger partial charge is 0.497 e. The smallest absolute Gasteiger partial charge is 0.417 e. The fraction of sp³-hybridized carbons (Fsp3) is 0.294. The van der Waals surface area contributed by atoms with Crippen LogP contribution in [0.15, 0.2) is 41.6 Å². The summed E-state index contributed by atoms with van der Waals surface area (Å²) in [5, 5.41) is 2.22. The van der Waals surface area contributed by atoms with Gasteiger partial charge in [-0.1, -0.05) is 35.5 Å². The monoisotopic (exact) mass is 404 g/mol. The topological polar surface area (TPSA) is 51.2 Å². The Kier molecular flexibility index (Phi) is 6.77. The van der Waals surface area contributed by atoms with Crippen molar-refractivity contribution in [2.24, 2.45) is 0 Å². The van der Waals surface area contributed by atoms with Crippen molar-refractivity contribution in [3.8, 4) is 5.75 Å². The second-order valence-electron chi connectivity index (χ2n) is 5.33. The fourth-order valence-corrected chi connectivity index (χ4v) is 3.07. The van der Waals surface area contributed by atoms with Gasteiger partial charge in [0.15, 0.2) is 0 Å². The summed E-state index contributed by atoms with van der Waals surface area (Å²) >= 11 is 6.86. The first-order valence-electron chi connectivity index (χ1n) is 7.50. The zero-order valence-corrected chi connectivity index (χ0v) is 15.5. The molecule has 0 aliphatic carbocycles. The zero-order chi connectivity index (χ0) is 19.3. The summed E-state index contributed by atoms with van der Waals surface area (Å²) in [5.74, 6) is 0.440. The summed E-state index contributed by atoms with van der Waals surface area (Å²) in [5.41, 5.74) is -0.0366. The van der Waals surface area contributed by atoms with Crippen molar-refractivity contribution < 1.29 is 22.7 Å². The van der Waals surface area contributed by atoms with Crippen LogP contribution >= 0.6 is 23.4 Å². The van der Waals surface area contributed by atoms with Crippen LogP contribution in [0.4, 0.5) is 13.2 Å². The van der Waals surface area contributed by atoms with Crippen molar-refractivity contribution in [2.75, 3.05) is 7.11 Å². The van der Waals surface area contributed by atoms with Crippen molar-refractivity contribution in [3.63, 3.8) is 0 Å². The van der Waals surface area contributed by atoms with Crippen LogP contribution in [0.3, 0.4) is 0 Å². The molecule has 0 bridgehead atoms. The van der Waals surface area contributed by atoms with Crippen LogP contribution in [0.2, 0.25) is 5.02 Å². The van der Waals surface area contributed by atoms with Crippen LogP contribution in [-0.2, 0) is 17.5 Å². The highest BCUT2D eigenvalue weighted by atomic mass is 35.5. The average Bonchev–Trinajstić information content (AvgIpc) is 2.60. The van der Waals surface area contributed by atoms with Gasteiger partial charge in [-0.15, -0.1) is 0 Å². The molecule has 1 heterocycles. The first-order valence-corrected chi connectivity index (χ1v) is 8.76. The molecular formula is C17H16ClF3N2O2S. The van der Waals surface area contributed by atoms with Crippen LogP contribution in [0.5, 0.6) is 5.75 Å². The summed E-state index contributed by atoms with van der Waals surface area (Å²) < 4.78 is 42.9. The number of aromatic nitrogens is 1. The Bertz CT molecular complexity index is 770. The molecule has 9 heteroatoms. The van der Waals surface area contributed by atoms with E-state index in [1.165, 1.54) is 0 Å². The number of pyridine rings is 1. The van der Waals surface area contributed by atoms with E-state index in [0.717, 1.165) is 23.4 Å². The highest BCUT2D eigenvalue weighted by molar-refractivity contribution is 8.00. The molecule has 0 spiro atoms. The average molecular weight is 405 g/mol. The second-order valence-corrected chi connectivity index (χ2v) is 7.07. The third-order valence-corrected chi connectivity index (χ3v) is 4.93. The Balaban J connectivity index is 1.94. The van der Waals surface area contributed by atoms with Crippen molar-refractivity contribution in [1.29, 1.82) is 0 Å². The number of alkyl halides is 3. The van der Waals surface area contributed by atoms with E-state index >= 15 is 0 Å². The molecule has 2 rings (SSSR count). The van der Waals surface area contributed by atoms with Gasteiger partial charge in [0.25, 0.3) is 0 Å². The number of hydrogen-bond acceptors (Lipinski definition) is 4. The van der Waals surface area contributed by atoms with E-state index in [1.54, 1.807) is 26.2 Å². The van der Waals surface area contributed by atoms with E-state index in [1.807, 2.05) is 12.1 Å². The molecular weight excluding hydrogens is 389 g/mol. The zero-order valence-electron chi connectivity index (χ0n) is 13.9. The molecule has 1 amide bonds. The van der Waals surface area contributed by atoms with E-state index in [-0.39, 0.29) is 16.0 Å². The van der Waals surface area contributed by atoms with Crippen molar-refractivity contribution in [1.82, 2.24) is 10.3 Å². The van der Waals surface area contributed by atoms with Crippen LogP contribution in [0.25, 0.3) is 0 Å². The third-order valence-electron chi connectivity index (χ3n) is 3.42. The number of thioether (sulfide) groups is 1. The number of benzene rings is 1. The Morgan fingerprint density at radius 1 is 1.35 bits per heavy atom. The Morgan fingerprint density at radius 3 is 2.54 bits per heavy atom. The van der Waals surface area contributed by atoms with Gasteiger partial charge in [0.2, 0.25) is 5.91 Å². The lowest BCUT2D eigenvalue weighted by Gasteiger charge is -2.13. The maximum absolute atomic E-state index is 12.6. The number of nitrogens with zero attached hydrogens (tertiary/aromatic N) is 1. The number of rotatable bonds is 6. The summed E-state index contributed by atoms with van der Waals surface area (Å²) in [6, 6.07) is 8.02. The lowest BCUT2D eigenvalue weighted by atomic mass is 10.2. The van der Waals surface area contributed by atoms with Gasteiger partial charge < -0.3 is 10.1 Å². The van der Waals surface area contributed by atoms with Crippen LogP contribution in [-0.4, -0.2) is 23.3 Å². The van der Waals surface area contributed by atoms with Crippen LogP contribution in [0.1, 0.15) is 18.1 Å². The number of halogens is 4. The number of carbonyl (C=O) groups excluding carboxylic acids is 1. The number of methoxy groups -OCH3 is 1. The Morgan fingerprint density at radius 2 is 2.00 bits per heavy atom. The summed E-state index contributed by atoms with van der Waals surface area (Å²) in [7, 11) is 1.57. The van der Waals surface area contributed by atoms with E-state index in [0.29, 0.717) is 18.5 Å². The first kappa shape index (κ1) is 20.4. The molecule has 0 fully saturated rings. The molecule has 140 valence electrons. The minimum absolute atomic E-state index is 0.139. The molecule has 0 saturated carbocycles. The molecule has 0 aliphatic rings. The molecule has 0 saturated heterocycles. The van der Waals surface area contributed by atoms with Gasteiger partial charge in [-0.3, -0.25) is 4.79 Å². The standard InChI is InChI=1S/C17H16ClF3N2O2S/c1-10(15(24)22-8-11-3-5-13(25-2)6-4-11)26-16-14(18)7-12(9-23-16)17(19,20)21/h3-7,9-10H,8H2,1-2H3,(H,22,24). The Labute approximate surface area is 158 Å². The van der Waals surface area contributed by atoms with Crippen LogP contribution < -0.4 is 10.1 Å². The number of ether oxygens (including phenoxy) is 1. The quantitative estimate of drug-likeness (QED) is 0.717. The summed E-state index contributed by atoms with van der Waals surface area (Å²) in [6.45, 7) is 1.95. The number of amides is 1. The second kappa shape index (κ2) is 8.64. The molecule has 1 aromatic heterocycles. The molecule has 1 atom stereocenters. The van der Waals surface area contributed by atoms with Gasteiger partial charge in [0.05, 0.1) is 22.9 Å². The molecule has 1 aromatic carbocycles. The molecule has 2 aromatic rings. The van der Waals surface area contributed by atoms with Gasteiger partial charge in [0, 0.05) is 12.7 Å². The maximum atomic E-state index is 12.6. The van der Waals surface area contributed by atoms with E-state index in [2.05, 4.69) is 10.3 Å².